The summed E-state index contributed by atoms with van der Waals surface area (Å²) >= 11 is 0. The first-order valence-electron chi connectivity index (χ1n) is 6.30. The monoisotopic (exact) mass is 308 g/mol. The van der Waals surface area contributed by atoms with Gasteiger partial charge in [-0.3, -0.25) is 0 Å². The Hall–Kier alpha value is -1.35. The number of sulfone groups is 1. The van der Waals surface area contributed by atoms with Crippen LogP contribution in [0.1, 0.15) is 12.8 Å². The second-order valence-corrected chi connectivity index (χ2v) is 7.02. The fourth-order valence-corrected chi connectivity index (χ4v) is 3.83. The minimum Gasteiger partial charge on any atom is -0.480 e. The molecule has 2 unspecified atom stereocenters. The van der Waals surface area contributed by atoms with Crippen LogP contribution in [0, 0.1) is 5.92 Å². The molecular formula is C11H20N2O6S. The summed E-state index contributed by atoms with van der Waals surface area (Å²) < 4.78 is 27.3. The Morgan fingerprint density at radius 1 is 1.45 bits per heavy atom. The zero-order valence-corrected chi connectivity index (χ0v) is 12.1. The molecule has 1 fully saturated rings. The average Bonchev–Trinajstić information content (AvgIpc) is 2.71. The maximum Gasteiger partial charge on any atom is 0.326 e. The minimum absolute atomic E-state index is 0.0688. The molecule has 1 rings (SSSR count). The number of ether oxygens (including phenoxy) is 1. The molecule has 1 saturated heterocycles. The molecule has 1 aliphatic heterocycles. The van der Waals surface area contributed by atoms with Crippen LogP contribution in [0.5, 0.6) is 0 Å². The van der Waals surface area contributed by atoms with Crippen LogP contribution in [0.2, 0.25) is 0 Å². The molecule has 0 aromatic carbocycles. The molecule has 2 atom stereocenters. The van der Waals surface area contributed by atoms with E-state index in [2.05, 4.69) is 10.6 Å². The Morgan fingerprint density at radius 2 is 2.15 bits per heavy atom. The maximum atomic E-state index is 11.6. The van der Waals surface area contributed by atoms with E-state index in [1.807, 2.05) is 0 Å². The molecule has 8 nitrogen and oxygen atoms in total. The van der Waals surface area contributed by atoms with Crippen LogP contribution < -0.4 is 10.6 Å². The number of carbonyl (C=O) groups excluding carboxylic acids is 1. The molecule has 0 aliphatic carbocycles. The molecule has 1 heterocycles. The lowest BCUT2D eigenvalue weighted by Gasteiger charge is -2.16. The summed E-state index contributed by atoms with van der Waals surface area (Å²) in [6.07, 6.45) is 0.686. The minimum atomic E-state index is -2.97. The molecule has 0 bridgehead atoms. The zero-order chi connectivity index (χ0) is 15.2. The largest absolute Gasteiger partial charge is 0.480 e. The van der Waals surface area contributed by atoms with E-state index < -0.39 is 27.9 Å². The quantitative estimate of drug-likeness (QED) is 0.566. The number of aliphatic carboxylic acids is 1. The summed E-state index contributed by atoms with van der Waals surface area (Å²) in [5.41, 5.74) is 0. The highest BCUT2D eigenvalue weighted by Gasteiger charge is 2.28. The van der Waals surface area contributed by atoms with Crippen LogP contribution in [0.4, 0.5) is 4.79 Å². The first kappa shape index (κ1) is 16.7. The lowest BCUT2D eigenvalue weighted by Crippen LogP contribution is -2.47. The van der Waals surface area contributed by atoms with Crippen molar-refractivity contribution >= 4 is 21.8 Å². The highest BCUT2D eigenvalue weighted by molar-refractivity contribution is 7.91. The van der Waals surface area contributed by atoms with Crippen molar-refractivity contribution in [2.75, 3.05) is 31.8 Å². The Kier molecular flexibility index (Phi) is 6.21. The molecule has 9 heteroatoms. The van der Waals surface area contributed by atoms with Crippen molar-refractivity contribution in [3.05, 3.63) is 0 Å². The van der Waals surface area contributed by atoms with Crippen molar-refractivity contribution < 1.29 is 27.9 Å². The van der Waals surface area contributed by atoms with Gasteiger partial charge in [-0.15, -0.1) is 0 Å². The molecule has 0 aromatic heterocycles. The Bertz CT molecular complexity index is 450. The maximum absolute atomic E-state index is 11.6. The van der Waals surface area contributed by atoms with Crippen molar-refractivity contribution in [2.24, 2.45) is 5.92 Å². The molecule has 20 heavy (non-hydrogen) atoms. The van der Waals surface area contributed by atoms with Gasteiger partial charge >= 0.3 is 12.0 Å². The SMILES string of the molecule is COCCC(NC(=O)NCC1CCS(=O)(=O)C1)C(=O)O. The van der Waals surface area contributed by atoms with E-state index in [4.69, 9.17) is 9.84 Å². The number of amides is 2. The van der Waals surface area contributed by atoms with Crippen LogP contribution >= 0.6 is 0 Å². The number of rotatable bonds is 7. The molecule has 116 valence electrons. The number of hydrogen-bond acceptors (Lipinski definition) is 5. The van der Waals surface area contributed by atoms with Crippen LogP contribution in [-0.4, -0.2) is 63.3 Å². The van der Waals surface area contributed by atoms with Gasteiger partial charge in [0.2, 0.25) is 0 Å². The first-order valence-corrected chi connectivity index (χ1v) is 8.12. The fraction of sp³-hybridized carbons (Fsp3) is 0.818. The highest BCUT2D eigenvalue weighted by atomic mass is 32.2. The van der Waals surface area contributed by atoms with Crippen molar-refractivity contribution in [1.29, 1.82) is 0 Å². The third-order valence-electron chi connectivity index (χ3n) is 3.09. The van der Waals surface area contributed by atoms with Crippen LogP contribution in [0.15, 0.2) is 0 Å². The van der Waals surface area contributed by atoms with Crippen molar-refractivity contribution in [3.63, 3.8) is 0 Å². The zero-order valence-electron chi connectivity index (χ0n) is 11.3. The van der Waals surface area contributed by atoms with Crippen molar-refractivity contribution in [3.8, 4) is 0 Å². The summed E-state index contributed by atoms with van der Waals surface area (Å²) in [6.45, 7) is 0.444. The van der Waals surface area contributed by atoms with Gasteiger partial charge in [0.25, 0.3) is 0 Å². The van der Waals surface area contributed by atoms with Crippen molar-refractivity contribution in [1.82, 2.24) is 10.6 Å². The van der Waals surface area contributed by atoms with E-state index in [0.29, 0.717) is 6.42 Å². The van der Waals surface area contributed by atoms with Crippen molar-refractivity contribution in [2.45, 2.75) is 18.9 Å². The lowest BCUT2D eigenvalue weighted by molar-refractivity contribution is -0.139. The van der Waals surface area contributed by atoms with Crippen LogP contribution in [0.3, 0.4) is 0 Å². The predicted octanol–water partition coefficient (Wildman–Crippen LogP) is -0.790. The van der Waals surface area contributed by atoms with Gasteiger partial charge in [-0.1, -0.05) is 0 Å². The summed E-state index contributed by atoms with van der Waals surface area (Å²) in [4.78, 5) is 22.5. The van der Waals surface area contributed by atoms with Gasteiger partial charge in [0.15, 0.2) is 9.84 Å². The van der Waals surface area contributed by atoms with E-state index in [-0.39, 0.29) is 37.0 Å². The topological polar surface area (TPSA) is 122 Å². The second-order valence-electron chi connectivity index (χ2n) is 4.80. The summed E-state index contributed by atoms with van der Waals surface area (Å²) in [5, 5.41) is 13.7. The van der Waals surface area contributed by atoms with Gasteiger partial charge in [0, 0.05) is 26.7 Å². The number of carbonyl (C=O) groups is 2. The molecule has 3 N–H and O–H groups in total. The van der Waals surface area contributed by atoms with Crippen LogP contribution in [0.25, 0.3) is 0 Å². The highest BCUT2D eigenvalue weighted by Crippen LogP contribution is 2.17. The first-order chi connectivity index (χ1) is 9.34. The van der Waals surface area contributed by atoms with E-state index in [1.165, 1.54) is 7.11 Å². The van der Waals surface area contributed by atoms with Gasteiger partial charge < -0.3 is 20.5 Å². The number of nitrogens with one attached hydrogen (secondary N) is 2. The number of urea groups is 1. The molecule has 0 radical (unpaired) electrons. The van der Waals surface area contributed by atoms with Gasteiger partial charge in [-0.25, -0.2) is 18.0 Å². The van der Waals surface area contributed by atoms with Gasteiger partial charge in [0.05, 0.1) is 11.5 Å². The van der Waals surface area contributed by atoms with E-state index in [9.17, 15) is 18.0 Å². The summed E-state index contributed by atoms with van der Waals surface area (Å²) in [6, 6.07) is -1.64. The second kappa shape index (κ2) is 7.44. The molecule has 1 aliphatic rings. The summed E-state index contributed by atoms with van der Waals surface area (Å²) in [5.74, 6) is -1.03. The molecule has 0 spiro atoms. The smallest absolute Gasteiger partial charge is 0.326 e. The summed E-state index contributed by atoms with van der Waals surface area (Å²) in [7, 11) is -1.53. The third-order valence-corrected chi connectivity index (χ3v) is 4.93. The lowest BCUT2D eigenvalue weighted by atomic mass is 10.1. The number of hydrogen-bond donors (Lipinski definition) is 3. The normalized spacial score (nSPS) is 22.1. The number of carboxylic acids is 1. The molecule has 0 saturated carbocycles. The predicted molar refractivity (Wildman–Crippen MR) is 71.2 cm³/mol. The number of methoxy groups -OCH3 is 1. The van der Waals surface area contributed by atoms with Gasteiger partial charge in [0.1, 0.15) is 6.04 Å². The van der Waals surface area contributed by atoms with Crippen LogP contribution in [-0.2, 0) is 19.4 Å². The average molecular weight is 308 g/mol. The van der Waals surface area contributed by atoms with E-state index in [1.54, 1.807) is 0 Å². The van der Waals surface area contributed by atoms with E-state index >= 15 is 0 Å². The van der Waals surface area contributed by atoms with Gasteiger partial charge in [-0.2, -0.15) is 0 Å². The third kappa shape index (κ3) is 5.74. The standard InChI is InChI=1S/C11H20N2O6S/c1-19-4-2-9(10(14)15)13-11(16)12-6-8-3-5-20(17,18)7-8/h8-9H,2-7H2,1H3,(H,14,15)(H2,12,13,16). The molecule has 2 amide bonds. The fourth-order valence-electron chi connectivity index (χ4n) is 1.97. The number of carboxylic acid groups (broad SMARTS) is 1. The van der Waals surface area contributed by atoms with E-state index in [0.717, 1.165) is 0 Å². The van der Waals surface area contributed by atoms with Gasteiger partial charge in [-0.05, 0) is 12.3 Å². The molecular weight excluding hydrogens is 288 g/mol. The Labute approximate surface area is 117 Å². The molecule has 0 aromatic rings. The Balaban J connectivity index is 2.33. The Morgan fingerprint density at radius 3 is 2.65 bits per heavy atom.